The molecular formula is C24H35N3O4S. The van der Waals surface area contributed by atoms with Crippen molar-refractivity contribution in [1.29, 1.82) is 0 Å². The van der Waals surface area contributed by atoms with Crippen LogP contribution in [0, 0.1) is 0 Å². The Bertz CT molecular complexity index is 851. The Hall–Kier alpha value is -1.80. The molecule has 4 rings (SSSR count). The summed E-state index contributed by atoms with van der Waals surface area (Å²) in [4.78, 5) is 41.4. The van der Waals surface area contributed by atoms with Crippen molar-refractivity contribution in [3.63, 3.8) is 0 Å². The zero-order valence-corrected chi connectivity index (χ0v) is 19.7. The van der Waals surface area contributed by atoms with Gasteiger partial charge in [0.2, 0.25) is 5.43 Å². The molecule has 2 amide bonds. The first-order valence-corrected chi connectivity index (χ1v) is 13.3. The summed E-state index contributed by atoms with van der Waals surface area (Å²) in [5.74, 6) is 1.12. The van der Waals surface area contributed by atoms with Gasteiger partial charge in [0.1, 0.15) is 11.1 Å². The maximum Gasteiger partial charge on any atom is 0.259 e. The van der Waals surface area contributed by atoms with Crippen LogP contribution in [0.3, 0.4) is 0 Å². The molecule has 2 aliphatic heterocycles. The first-order valence-electron chi connectivity index (χ1n) is 12.2. The Balaban J connectivity index is 1.59. The van der Waals surface area contributed by atoms with E-state index in [4.69, 9.17) is 4.74 Å². The van der Waals surface area contributed by atoms with Crippen LogP contribution >= 0.6 is 11.8 Å². The van der Waals surface area contributed by atoms with E-state index in [-0.39, 0.29) is 35.1 Å². The number of amides is 2. The largest absolute Gasteiger partial charge is 0.376 e. The van der Waals surface area contributed by atoms with Gasteiger partial charge in [-0.3, -0.25) is 14.4 Å². The van der Waals surface area contributed by atoms with Crippen LogP contribution in [0.15, 0.2) is 17.2 Å². The van der Waals surface area contributed by atoms with E-state index in [1.54, 1.807) is 17.3 Å². The van der Waals surface area contributed by atoms with Crippen LogP contribution in [-0.4, -0.2) is 64.6 Å². The molecule has 1 aliphatic carbocycles. The minimum Gasteiger partial charge on any atom is -0.376 e. The lowest BCUT2D eigenvalue weighted by atomic mass is 9.96. The lowest BCUT2D eigenvalue weighted by molar-refractivity contribution is 0.0767. The van der Waals surface area contributed by atoms with Gasteiger partial charge in [-0.2, -0.15) is 11.8 Å². The molecule has 1 aromatic rings. The van der Waals surface area contributed by atoms with Crippen molar-refractivity contribution in [2.24, 2.45) is 0 Å². The van der Waals surface area contributed by atoms with Gasteiger partial charge in [-0.1, -0.05) is 32.1 Å². The van der Waals surface area contributed by atoms with Crippen LogP contribution in [0.1, 0.15) is 78.5 Å². The maximum atomic E-state index is 13.3. The van der Waals surface area contributed by atoms with Crippen molar-refractivity contribution in [2.75, 3.05) is 31.2 Å². The normalized spacial score (nSPS) is 22.9. The van der Waals surface area contributed by atoms with Crippen molar-refractivity contribution < 1.29 is 14.3 Å². The van der Waals surface area contributed by atoms with Crippen molar-refractivity contribution in [2.45, 2.75) is 76.5 Å². The van der Waals surface area contributed by atoms with Crippen LogP contribution in [-0.2, 0) is 11.3 Å². The predicted molar refractivity (Wildman–Crippen MR) is 126 cm³/mol. The number of nitrogens with one attached hydrogen (secondary N) is 1. The molecule has 1 aromatic heterocycles. The van der Waals surface area contributed by atoms with Crippen molar-refractivity contribution in [3.05, 3.63) is 33.7 Å². The van der Waals surface area contributed by atoms with Gasteiger partial charge in [0.15, 0.2) is 0 Å². The summed E-state index contributed by atoms with van der Waals surface area (Å²) < 4.78 is 7.57. The standard InChI is InChI=1S/C24H35N3O4S/c28-22-20(23(29)25-18-7-4-2-1-3-5-8-18)16-26(15-19-9-6-12-31-19)17-21(22)24(30)27-10-13-32-14-11-27/h16-19H,1-15H2,(H,25,29). The second kappa shape index (κ2) is 11.4. The third-order valence-electron chi connectivity index (χ3n) is 6.73. The van der Waals surface area contributed by atoms with Gasteiger partial charge in [-0.15, -0.1) is 0 Å². The first-order chi connectivity index (χ1) is 15.6. The van der Waals surface area contributed by atoms with Crippen LogP contribution in [0.2, 0.25) is 0 Å². The second-order valence-corrected chi connectivity index (χ2v) is 10.4. The highest BCUT2D eigenvalue weighted by atomic mass is 32.2. The Morgan fingerprint density at radius 1 is 0.969 bits per heavy atom. The number of pyridine rings is 1. The zero-order chi connectivity index (χ0) is 22.3. The third-order valence-corrected chi connectivity index (χ3v) is 7.67. The number of aromatic nitrogens is 1. The topological polar surface area (TPSA) is 80.6 Å². The second-order valence-electron chi connectivity index (χ2n) is 9.17. The Kier molecular flexibility index (Phi) is 8.30. The number of carbonyl (C=O) groups excluding carboxylic acids is 2. The van der Waals surface area contributed by atoms with Crippen LogP contribution in [0.25, 0.3) is 0 Å². The van der Waals surface area contributed by atoms with E-state index >= 15 is 0 Å². The molecule has 7 nitrogen and oxygen atoms in total. The summed E-state index contributed by atoms with van der Waals surface area (Å²) in [5, 5.41) is 3.10. The van der Waals surface area contributed by atoms with Gasteiger partial charge in [-0.05, 0) is 25.7 Å². The molecule has 32 heavy (non-hydrogen) atoms. The van der Waals surface area contributed by atoms with E-state index in [2.05, 4.69) is 5.32 Å². The Labute approximate surface area is 194 Å². The number of thioether (sulfide) groups is 1. The molecule has 8 heteroatoms. The molecule has 2 saturated heterocycles. The molecule has 1 saturated carbocycles. The lowest BCUT2D eigenvalue weighted by Gasteiger charge is -2.27. The van der Waals surface area contributed by atoms with Gasteiger partial charge >= 0.3 is 0 Å². The van der Waals surface area contributed by atoms with E-state index in [0.29, 0.717) is 19.6 Å². The fraction of sp³-hybridized carbons (Fsp3) is 0.708. The monoisotopic (exact) mass is 461 g/mol. The number of hydrogen-bond acceptors (Lipinski definition) is 5. The molecular weight excluding hydrogens is 426 g/mol. The van der Waals surface area contributed by atoms with Gasteiger partial charge in [0.05, 0.1) is 6.10 Å². The fourth-order valence-electron chi connectivity index (χ4n) is 4.87. The average Bonchev–Trinajstić information content (AvgIpc) is 3.29. The summed E-state index contributed by atoms with van der Waals surface area (Å²) in [6.45, 7) is 2.54. The van der Waals surface area contributed by atoms with Crippen LogP contribution in [0.5, 0.6) is 0 Å². The molecule has 3 fully saturated rings. The molecule has 3 heterocycles. The summed E-state index contributed by atoms with van der Waals surface area (Å²) in [7, 11) is 0. The van der Waals surface area contributed by atoms with Gasteiger partial charge < -0.3 is 19.5 Å². The Morgan fingerprint density at radius 3 is 2.34 bits per heavy atom. The number of nitrogens with zero attached hydrogens (tertiary/aromatic N) is 2. The van der Waals surface area contributed by atoms with Gasteiger partial charge in [-0.25, -0.2) is 0 Å². The molecule has 0 radical (unpaired) electrons. The molecule has 1 atom stereocenters. The maximum absolute atomic E-state index is 13.3. The summed E-state index contributed by atoms with van der Waals surface area (Å²) in [6, 6.07) is 0.0901. The van der Waals surface area contributed by atoms with Gasteiger partial charge in [0, 0.05) is 56.2 Å². The summed E-state index contributed by atoms with van der Waals surface area (Å²) in [5.41, 5.74) is -0.289. The van der Waals surface area contributed by atoms with E-state index in [1.165, 1.54) is 19.3 Å². The fourth-order valence-corrected chi connectivity index (χ4v) is 5.78. The number of carbonyl (C=O) groups is 2. The smallest absolute Gasteiger partial charge is 0.259 e. The predicted octanol–water partition coefficient (Wildman–Crippen LogP) is 3.06. The van der Waals surface area contributed by atoms with E-state index in [9.17, 15) is 14.4 Å². The molecule has 0 aromatic carbocycles. The van der Waals surface area contributed by atoms with Crippen LogP contribution in [0.4, 0.5) is 0 Å². The molecule has 0 bridgehead atoms. The molecule has 176 valence electrons. The minimum atomic E-state index is -0.458. The first kappa shape index (κ1) is 23.4. The molecule has 1 N–H and O–H groups in total. The average molecular weight is 462 g/mol. The zero-order valence-electron chi connectivity index (χ0n) is 18.9. The highest BCUT2D eigenvalue weighted by Crippen LogP contribution is 2.18. The van der Waals surface area contributed by atoms with E-state index in [1.807, 2.05) is 16.3 Å². The van der Waals surface area contributed by atoms with Crippen molar-refractivity contribution in [1.82, 2.24) is 14.8 Å². The van der Waals surface area contributed by atoms with Crippen LogP contribution < -0.4 is 10.7 Å². The molecule has 0 spiro atoms. The lowest BCUT2D eigenvalue weighted by Crippen LogP contribution is -2.43. The van der Waals surface area contributed by atoms with E-state index in [0.717, 1.165) is 56.6 Å². The third kappa shape index (κ3) is 5.95. The number of hydrogen-bond donors (Lipinski definition) is 1. The van der Waals surface area contributed by atoms with E-state index < -0.39 is 5.43 Å². The van der Waals surface area contributed by atoms with Crippen molar-refractivity contribution in [3.8, 4) is 0 Å². The number of ether oxygens (including phenoxy) is 1. The quantitative estimate of drug-likeness (QED) is 0.729. The molecule has 3 aliphatic rings. The minimum absolute atomic E-state index is 0.0494. The highest BCUT2D eigenvalue weighted by molar-refractivity contribution is 7.99. The highest BCUT2D eigenvalue weighted by Gasteiger charge is 2.26. The number of rotatable bonds is 5. The van der Waals surface area contributed by atoms with Gasteiger partial charge in [0.25, 0.3) is 11.8 Å². The molecule has 1 unspecified atom stereocenters. The van der Waals surface area contributed by atoms with Crippen molar-refractivity contribution >= 4 is 23.6 Å². The Morgan fingerprint density at radius 2 is 1.66 bits per heavy atom. The SMILES string of the molecule is O=C(NC1CCCCCCC1)c1cn(CC2CCCO2)cc(C(=O)N2CCSCC2)c1=O. The summed E-state index contributed by atoms with van der Waals surface area (Å²) >= 11 is 1.81. The summed E-state index contributed by atoms with van der Waals surface area (Å²) in [6.07, 6.45) is 13.0.